The molecule has 21 heavy (non-hydrogen) atoms. The van der Waals surface area contributed by atoms with Crippen molar-refractivity contribution in [2.24, 2.45) is 5.73 Å². The molecule has 118 valence electrons. The maximum atomic E-state index is 12.6. The molecule has 1 aromatic heterocycles. The van der Waals surface area contributed by atoms with E-state index in [1.54, 1.807) is 0 Å². The van der Waals surface area contributed by atoms with E-state index < -0.39 is 17.7 Å². The third kappa shape index (κ3) is 5.56. The van der Waals surface area contributed by atoms with Gasteiger partial charge < -0.3 is 19.9 Å². The van der Waals surface area contributed by atoms with Crippen LogP contribution in [0.3, 0.4) is 0 Å². The molecule has 0 fully saturated rings. The number of amidine groups is 1. The lowest BCUT2D eigenvalue weighted by Crippen LogP contribution is -2.18. The minimum atomic E-state index is -4.59. The molecule has 9 heteroatoms. The highest BCUT2D eigenvalue weighted by Gasteiger charge is 2.33. The van der Waals surface area contributed by atoms with Crippen LogP contribution in [0.4, 0.5) is 13.2 Å². The van der Waals surface area contributed by atoms with Crippen LogP contribution in [0.2, 0.25) is 0 Å². The van der Waals surface area contributed by atoms with Crippen LogP contribution in [0, 0.1) is 5.41 Å². The monoisotopic (exact) mass is 307 g/mol. The summed E-state index contributed by atoms with van der Waals surface area (Å²) in [6, 6.07) is 1.80. The molecule has 1 aromatic rings. The zero-order valence-corrected chi connectivity index (χ0v) is 11.4. The molecular formula is C12H16F3N3O3. The van der Waals surface area contributed by atoms with Gasteiger partial charge in [-0.3, -0.25) is 5.41 Å². The second-order valence-electron chi connectivity index (χ2n) is 3.91. The van der Waals surface area contributed by atoms with Crippen molar-refractivity contribution in [1.29, 1.82) is 5.41 Å². The Kier molecular flexibility index (Phi) is 6.38. The highest BCUT2D eigenvalue weighted by atomic mass is 19.4. The Labute approximate surface area is 119 Å². The van der Waals surface area contributed by atoms with Crippen molar-refractivity contribution in [3.63, 3.8) is 0 Å². The molecule has 0 aliphatic carbocycles. The molecule has 0 bridgehead atoms. The lowest BCUT2D eigenvalue weighted by atomic mass is 10.2. The van der Waals surface area contributed by atoms with E-state index in [4.69, 9.17) is 25.4 Å². The number of ether oxygens (including phenoxy) is 3. The number of nitrogens with zero attached hydrogens (tertiary/aromatic N) is 1. The summed E-state index contributed by atoms with van der Waals surface area (Å²) in [6.45, 7) is 0.882. The van der Waals surface area contributed by atoms with Crippen LogP contribution in [0.15, 0.2) is 12.1 Å². The summed E-state index contributed by atoms with van der Waals surface area (Å²) in [5.74, 6) is -0.765. The van der Waals surface area contributed by atoms with Gasteiger partial charge in [0.05, 0.1) is 25.4 Å². The summed E-state index contributed by atoms with van der Waals surface area (Å²) in [7, 11) is 1.52. The van der Waals surface area contributed by atoms with Gasteiger partial charge >= 0.3 is 6.18 Å². The lowest BCUT2D eigenvalue weighted by Gasteiger charge is -2.12. The van der Waals surface area contributed by atoms with Crippen LogP contribution < -0.4 is 10.5 Å². The van der Waals surface area contributed by atoms with Gasteiger partial charge in [-0.15, -0.1) is 0 Å². The summed E-state index contributed by atoms with van der Waals surface area (Å²) < 4.78 is 52.7. The SMILES string of the molecule is COCCOCCOc1nc(C(F)(F)F)ccc1C(=N)N. The third-order valence-corrected chi connectivity index (χ3v) is 2.34. The number of nitrogens with two attached hydrogens (primary N) is 1. The second kappa shape index (κ2) is 7.79. The molecule has 0 unspecified atom stereocenters. The summed E-state index contributed by atoms with van der Waals surface area (Å²) in [4.78, 5) is 3.35. The van der Waals surface area contributed by atoms with Gasteiger partial charge in [0.1, 0.15) is 18.1 Å². The second-order valence-corrected chi connectivity index (χ2v) is 3.91. The highest BCUT2D eigenvalue weighted by Crippen LogP contribution is 2.30. The summed E-state index contributed by atoms with van der Waals surface area (Å²) >= 11 is 0. The number of nitrogen functional groups attached to an aromatic ring is 1. The number of nitrogens with one attached hydrogen (secondary N) is 1. The molecule has 0 saturated carbocycles. The summed E-state index contributed by atoms with van der Waals surface area (Å²) in [5.41, 5.74) is 4.17. The number of rotatable bonds is 8. The third-order valence-electron chi connectivity index (χ3n) is 2.34. The molecule has 0 radical (unpaired) electrons. The average molecular weight is 307 g/mol. The molecule has 0 aliphatic rings. The molecule has 0 spiro atoms. The average Bonchev–Trinajstić information content (AvgIpc) is 2.41. The zero-order chi connectivity index (χ0) is 15.9. The van der Waals surface area contributed by atoms with Gasteiger partial charge in [0, 0.05) is 7.11 Å². The van der Waals surface area contributed by atoms with Crippen LogP contribution in [0.1, 0.15) is 11.3 Å². The standard InChI is InChI=1S/C12H16F3N3O3/c1-19-4-5-20-6-7-21-11-8(10(16)17)2-3-9(18-11)12(13,14)15/h2-3H,4-7H2,1H3,(H3,16,17). The Morgan fingerprint density at radius 2 is 1.90 bits per heavy atom. The fraction of sp³-hybridized carbons (Fsp3) is 0.500. The normalized spacial score (nSPS) is 11.4. The number of alkyl halides is 3. The largest absolute Gasteiger partial charge is 0.475 e. The van der Waals surface area contributed by atoms with Crippen molar-refractivity contribution in [3.05, 3.63) is 23.4 Å². The fourth-order valence-electron chi connectivity index (χ4n) is 1.35. The molecule has 1 heterocycles. The van der Waals surface area contributed by atoms with Crippen molar-refractivity contribution >= 4 is 5.84 Å². The number of pyridine rings is 1. The van der Waals surface area contributed by atoms with Gasteiger partial charge in [-0.2, -0.15) is 13.2 Å². The Morgan fingerprint density at radius 3 is 2.48 bits per heavy atom. The first kappa shape index (κ1) is 17.2. The van der Waals surface area contributed by atoms with E-state index in [-0.39, 0.29) is 24.7 Å². The zero-order valence-electron chi connectivity index (χ0n) is 11.4. The topological polar surface area (TPSA) is 90.5 Å². The molecule has 6 nitrogen and oxygen atoms in total. The van der Waals surface area contributed by atoms with E-state index in [2.05, 4.69) is 4.98 Å². The predicted molar refractivity (Wildman–Crippen MR) is 68.4 cm³/mol. The maximum absolute atomic E-state index is 12.6. The van der Waals surface area contributed by atoms with Crippen molar-refractivity contribution in [2.45, 2.75) is 6.18 Å². The number of halogens is 3. The molecular weight excluding hydrogens is 291 g/mol. The Hall–Kier alpha value is -1.87. The van der Waals surface area contributed by atoms with E-state index in [0.717, 1.165) is 12.1 Å². The highest BCUT2D eigenvalue weighted by molar-refractivity contribution is 5.97. The molecule has 0 aliphatic heterocycles. The molecule has 1 rings (SSSR count). The smallest absolute Gasteiger partial charge is 0.433 e. The number of aromatic nitrogens is 1. The van der Waals surface area contributed by atoms with E-state index in [0.29, 0.717) is 13.2 Å². The first-order valence-corrected chi connectivity index (χ1v) is 5.98. The van der Waals surface area contributed by atoms with Crippen molar-refractivity contribution in [1.82, 2.24) is 4.98 Å². The summed E-state index contributed by atoms with van der Waals surface area (Å²) in [5, 5.41) is 7.30. The molecule has 0 saturated heterocycles. The first-order valence-electron chi connectivity index (χ1n) is 5.98. The molecule has 3 N–H and O–H groups in total. The first-order chi connectivity index (χ1) is 9.86. The molecule has 0 atom stereocenters. The van der Waals surface area contributed by atoms with E-state index in [1.807, 2.05) is 0 Å². The van der Waals surface area contributed by atoms with Gasteiger partial charge in [0.2, 0.25) is 5.88 Å². The van der Waals surface area contributed by atoms with Crippen molar-refractivity contribution in [3.8, 4) is 5.88 Å². The van der Waals surface area contributed by atoms with Gasteiger partial charge in [-0.25, -0.2) is 4.98 Å². The predicted octanol–water partition coefficient (Wildman–Crippen LogP) is 1.43. The Morgan fingerprint density at radius 1 is 1.24 bits per heavy atom. The molecule has 0 amide bonds. The van der Waals surface area contributed by atoms with E-state index >= 15 is 0 Å². The van der Waals surface area contributed by atoms with Gasteiger partial charge in [-0.05, 0) is 12.1 Å². The molecule has 0 aromatic carbocycles. The van der Waals surface area contributed by atoms with Crippen molar-refractivity contribution < 1.29 is 27.4 Å². The lowest BCUT2D eigenvalue weighted by molar-refractivity contribution is -0.141. The summed E-state index contributed by atoms with van der Waals surface area (Å²) in [6.07, 6.45) is -4.59. The van der Waals surface area contributed by atoms with Gasteiger partial charge in [0.15, 0.2) is 0 Å². The number of hydrogen-bond donors (Lipinski definition) is 2. The Bertz CT molecular complexity index is 481. The minimum absolute atomic E-state index is 0.000100. The minimum Gasteiger partial charge on any atom is -0.475 e. The van der Waals surface area contributed by atoms with E-state index in [1.165, 1.54) is 7.11 Å². The van der Waals surface area contributed by atoms with Crippen LogP contribution in [0.25, 0.3) is 0 Å². The quantitative estimate of drug-likeness (QED) is 0.431. The van der Waals surface area contributed by atoms with Crippen LogP contribution in [-0.2, 0) is 15.7 Å². The number of methoxy groups -OCH3 is 1. The van der Waals surface area contributed by atoms with Gasteiger partial charge in [-0.1, -0.05) is 0 Å². The van der Waals surface area contributed by atoms with Crippen LogP contribution in [-0.4, -0.2) is 44.4 Å². The van der Waals surface area contributed by atoms with Gasteiger partial charge in [0.25, 0.3) is 0 Å². The number of hydrogen-bond acceptors (Lipinski definition) is 5. The Balaban J connectivity index is 2.71. The van der Waals surface area contributed by atoms with E-state index in [9.17, 15) is 13.2 Å². The van der Waals surface area contributed by atoms with Crippen LogP contribution in [0.5, 0.6) is 5.88 Å². The van der Waals surface area contributed by atoms with Crippen LogP contribution >= 0.6 is 0 Å². The maximum Gasteiger partial charge on any atom is 0.433 e. The van der Waals surface area contributed by atoms with Crippen molar-refractivity contribution in [2.75, 3.05) is 33.5 Å². The fourth-order valence-corrected chi connectivity index (χ4v) is 1.35.